The SMILES string of the molecule is CSc1cc(C(C)(C)C)c(O)cc1C. The van der Waals surface area contributed by atoms with Crippen LogP contribution >= 0.6 is 11.8 Å². The first-order valence-corrected chi connectivity index (χ1v) is 5.97. The lowest BCUT2D eigenvalue weighted by Crippen LogP contribution is -2.11. The molecule has 2 heteroatoms. The van der Waals surface area contributed by atoms with Gasteiger partial charge in [-0.1, -0.05) is 20.8 Å². The molecule has 0 fully saturated rings. The average molecular weight is 210 g/mol. The van der Waals surface area contributed by atoms with Gasteiger partial charge in [-0.15, -0.1) is 11.8 Å². The van der Waals surface area contributed by atoms with Gasteiger partial charge in [0.25, 0.3) is 0 Å². The van der Waals surface area contributed by atoms with Crippen LogP contribution in [0, 0.1) is 6.92 Å². The summed E-state index contributed by atoms with van der Waals surface area (Å²) in [5.74, 6) is 0.410. The van der Waals surface area contributed by atoms with Gasteiger partial charge in [-0.25, -0.2) is 0 Å². The zero-order valence-electron chi connectivity index (χ0n) is 9.51. The zero-order valence-corrected chi connectivity index (χ0v) is 10.3. The highest BCUT2D eigenvalue weighted by Crippen LogP contribution is 2.35. The molecule has 0 spiro atoms. The van der Waals surface area contributed by atoms with Crippen molar-refractivity contribution in [1.29, 1.82) is 0 Å². The predicted molar refractivity (Wildman–Crippen MR) is 63.3 cm³/mol. The Bertz CT molecular complexity index is 337. The van der Waals surface area contributed by atoms with Crippen molar-refractivity contribution in [2.45, 2.75) is 38.0 Å². The molecular weight excluding hydrogens is 192 g/mol. The largest absolute Gasteiger partial charge is 0.508 e. The minimum absolute atomic E-state index is 0.00225. The van der Waals surface area contributed by atoms with Crippen molar-refractivity contribution in [2.75, 3.05) is 6.26 Å². The number of thioether (sulfide) groups is 1. The van der Waals surface area contributed by atoms with Gasteiger partial charge in [-0.3, -0.25) is 0 Å². The van der Waals surface area contributed by atoms with Crippen LogP contribution in [0.5, 0.6) is 5.75 Å². The van der Waals surface area contributed by atoms with E-state index in [1.165, 1.54) is 4.90 Å². The van der Waals surface area contributed by atoms with Crippen molar-refractivity contribution in [3.63, 3.8) is 0 Å². The van der Waals surface area contributed by atoms with E-state index in [-0.39, 0.29) is 5.41 Å². The average Bonchev–Trinajstić information content (AvgIpc) is 2.02. The number of phenolic OH excluding ortho intramolecular Hbond substituents is 1. The van der Waals surface area contributed by atoms with Crippen LogP contribution in [0.15, 0.2) is 17.0 Å². The molecule has 1 aromatic carbocycles. The number of aromatic hydroxyl groups is 1. The van der Waals surface area contributed by atoms with E-state index < -0.39 is 0 Å². The lowest BCUT2D eigenvalue weighted by Gasteiger charge is -2.21. The van der Waals surface area contributed by atoms with Crippen LogP contribution in [0.3, 0.4) is 0 Å². The maximum absolute atomic E-state index is 9.84. The second-order valence-corrected chi connectivity index (χ2v) is 5.44. The van der Waals surface area contributed by atoms with Crippen LogP contribution in [-0.4, -0.2) is 11.4 Å². The molecule has 0 aliphatic carbocycles. The molecule has 1 aromatic rings. The zero-order chi connectivity index (χ0) is 10.9. The fourth-order valence-corrected chi connectivity index (χ4v) is 2.11. The van der Waals surface area contributed by atoms with E-state index in [0.29, 0.717) is 5.75 Å². The first-order chi connectivity index (χ1) is 6.36. The standard InChI is InChI=1S/C12H18OS/c1-8-6-10(13)9(12(2,3)4)7-11(8)14-5/h6-7,13H,1-5H3. The molecule has 0 atom stereocenters. The number of hydrogen-bond donors (Lipinski definition) is 1. The molecule has 0 aromatic heterocycles. The monoisotopic (exact) mass is 210 g/mol. The molecule has 0 saturated carbocycles. The van der Waals surface area contributed by atoms with E-state index in [2.05, 4.69) is 33.1 Å². The van der Waals surface area contributed by atoms with Gasteiger partial charge < -0.3 is 5.11 Å². The molecule has 0 unspecified atom stereocenters. The molecule has 0 aliphatic heterocycles. The summed E-state index contributed by atoms with van der Waals surface area (Å²) in [6, 6.07) is 3.95. The smallest absolute Gasteiger partial charge is 0.119 e. The Kier molecular flexibility index (Phi) is 3.15. The molecule has 0 bridgehead atoms. The van der Waals surface area contributed by atoms with Gasteiger partial charge >= 0.3 is 0 Å². The summed E-state index contributed by atoms with van der Waals surface area (Å²) < 4.78 is 0. The number of rotatable bonds is 1. The Morgan fingerprint density at radius 1 is 1.21 bits per heavy atom. The molecule has 1 nitrogen and oxygen atoms in total. The maximum Gasteiger partial charge on any atom is 0.119 e. The Hall–Kier alpha value is -0.630. The number of hydrogen-bond acceptors (Lipinski definition) is 2. The third-order valence-electron chi connectivity index (χ3n) is 2.32. The topological polar surface area (TPSA) is 20.2 Å². The maximum atomic E-state index is 9.84. The van der Waals surface area contributed by atoms with E-state index in [4.69, 9.17) is 0 Å². The molecule has 14 heavy (non-hydrogen) atoms. The second kappa shape index (κ2) is 3.85. The number of benzene rings is 1. The summed E-state index contributed by atoms with van der Waals surface area (Å²) in [4.78, 5) is 1.24. The highest BCUT2D eigenvalue weighted by molar-refractivity contribution is 7.98. The molecule has 0 amide bonds. The van der Waals surface area contributed by atoms with Crippen LogP contribution in [0.1, 0.15) is 31.9 Å². The van der Waals surface area contributed by atoms with Gasteiger partial charge in [-0.05, 0) is 36.3 Å². The number of aryl methyl sites for hydroxylation is 1. The molecule has 0 saturated heterocycles. The molecule has 0 radical (unpaired) electrons. The van der Waals surface area contributed by atoms with E-state index >= 15 is 0 Å². The van der Waals surface area contributed by atoms with Crippen molar-refractivity contribution in [2.24, 2.45) is 0 Å². The van der Waals surface area contributed by atoms with Crippen molar-refractivity contribution < 1.29 is 5.11 Å². The highest BCUT2D eigenvalue weighted by Gasteiger charge is 2.19. The van der Waals surface area contributed by atoms with Crippen LogP contribution in [0.2, 0.25) is 0 Å². The van der Waals surface area contributed by atoms with Crippen molar-refractivity contribution in [3.05, 3.63) is 23.3 Å². The molecule has 0 heterocycles. The normalized spacial score (nSPS) is 11.8. The summed E-state index contributed by atoms with van der Waals surface area (Å²) in [6.07, 6.45) is 2.06. The van der Waals surface area contributed by atoms with Crippen LogP contribution in [0.4, 0.5) is 0 Å². The van der Waals surface area contributed by atoms with Crippen molar-refractivity contribution in [1.82, 2.24) is 0 Å². The van der Waals surface area contributed by atoms with E-state index in [0.717, 1.165) is 11.1 Å². The lowest BCUT2D eigenvalue weighted by atomic mass is 9.86. The molecule has 78 valence electrons. The van der Waals surface area contributed by atoms with Gasteiger partial charge in [-0.2, -0.15) is 0 Å². The van der Waals surface area contributed by atoms with E-state index in [1.54, 1.807) is 11.8 Å². The van der Waals surface area contributed by atoms with E-state index in [9.17, 15) is 5.11 Å². The molecular formula is C12H18OS. The Labute approximate surface area is 90.5 Å². The Morgan fingerprint density at radius 2 is 1.79 bits per heavy atom. The van der Waals surface area contributed by atoms with Crippen molar-refractivity contribution in [3.8, 4) is 5.75 Å². The van der Waals surface area contributed by atoms with Crippen LogP contribution in [-0.2, 0) is 5.41 Å². The minimum atomic E-state index is 0.00225. The number of phenols is 1. The second-order valence-electron chi connectivity index (χ2n) is 4.59. The first kappa shape index (κ1) is 11.4. The summed E-state index contributed by atoms with van der Waals surface area (Å²) in [5, 5.41) is 9.84. The first-order valence-electron chi connectivity index (χ1n) is 4.74. The Balaban J connectivity index is 3.32. The summed E-state index contributed by atoms with van der Waals surface area (Å²) >= 11 is 1.72. The minimum Gasteiger partial charge on any atom is -0.508 e. The highest BCUT2D eigenvalue weighted by atomic mass is 32.2. The lowest BCUT2D eigenvalue weighted by molar-refractivity contribution is 0.445. The summed E-state index contributed by atoms with van der Waals surface area (Å²) in [7, 11) is 0. The van der Waals surface area contributed by atoms with Crippen molar-refractivity contribution >= 4 is 11.8 Å². The third-order valence-corrected chi connectivity index (χ3v) is 3.20. The molecule has 1 N–H and O–H groups in total. The van der Waals surface area contributed by atoms with E-state index in [1.807, 2.05) is 13.0 Å². The predicted octanol–water partition coefficient (Wildman–Crippen LogP) is 3.72. The van der Waals surface area contributed by atoms with Crippen LogP contribution < -0.4 is 0 Å². The van der Waals surface area contributed by atoms with Gasteiger partial charge in [0.1, 0.15) is 5.75 Å². The Morgan fingerprint density at radius 3 is 2.21 bits per heavy atom. The van der Waals surface area contributed by atoms with Gasteiger partial charge in [0.2, 0.25) is 0 Å². The fraction of sp³-hybridized carbons (Fsp3) is 0.500. The third kappa shape index (κ3) is 2.24. The van der Waals surface area contributed by atoms with Gasteiger partial charge in [0.15, 0.2) is 0 Å². The molecule has 0 aliphatic rings. The summed E-state index contributed by atoms with van der Waals surface area (Å²) in [6.45, 7) is 8.36. The summed E-state index contributed by atoms with van der Waals surface area (Å²) in [5.41, 5.74) is 2.16. The fourth-order valence-electron chi connectivity index (χ4n) is 1.49. The van der Waals surface area contributed by atoms with Crippen LogP contribution in [0.25, 0.3) is 0 Å². The quantitative estimate of drug-likeness (QED) is 0.713. The molecule has 1 rings (SSSR count). The van der Waals surface area contributed by atoms with Gasteiger partial charge in [0.05, 0.1) is 0 Å². The van der Waals surface area contributed by atoms with Gasteiger partial charge in [0, 0.05) is 10.5 Å².